The Morgan fingerprint density at radius 2 is 1.83 bits per heavy atom. The van der Waals surface area contributed by atoms with Gasteiger partial charge in [0.2, 0.25) is 15.9 Å². The molecule has 30 heavy (non-hydrogen) atoms. The van der Waals surface area contributed by atoms with E-state index >= 15 is 0 Å². The van der Waals surface area contributed by atoms with Crippen molar-refractivity contribution in [2.45, 2.75) is 31.6 Å². The molecule has 9 nitrogen and oxygen atoms in total. The number of rotatable bonds is 4. The Morgan fingerprint density at radius 3 is 2.43 bits per heavy atom. The van der Waals surface area contributed by atoms with Crippen molar-refractivity contribution in [2.75, 3.05) is 37.6 Å². The first-order chi connectivity index (χ1) is 14.3. The van der Waals surface area contributed by atoms with Gasteiger partial charge in [-0.25, -0.2) is 8.42 Å². The summed E-state index contributed by atoms with van der Waals surface area (Å²) in [4.78, 5) is 28.4. The molecule has 0 bridgehead atoms. The van der Waals surface area contributed by atoms with E-state index in [4.69, 9.17) is 4.52 Å². The number of aromatic nitrogens is 1. The lowest BCUT2D eigenvalue weighted by atomic mass is 10.1. The van der Waals surface area contributed by atoms with Crippen LogP contribution in [0.4, 0.5) is 5.69 Å². The first-order valence-corrected chi connectivity index (χ1v) is 11.4. The highest BCUT2D eigenvalue weighted by atomic mass is 32.2. The molecule has 160 valence electrons. The van der Waals surface area contributed by atoms with Gasteiger partial charge in [-0.2, -0.15) is 4.31 Å². The van der Waals surface area contributed by atoms with Gasteiger partial charge in [0.15, 0.2) is 5.76 Å². The molecular weight excluding hydrogens is 408 g/mol. The molecule has 3 heterocycles. The zero-order valence-corrected chi connectivity index (χ0v) is 17.8. The third kappa shape index (κ3) is 3.61. The Hall–Kier alpha value is -2.72. The van der Waals surface area contributed by atoms with Crippen molar-refractivity contribution in [2.24, 2.45) is 0 Å². The summed E-state index contributed by atoms with van der Waals surface area (Å²) in [5.41, 5.74) is 1.55. The van der Waals surface area contributed by atoms with Crippen molar-refractivity contribution in [1.29, 1.82) is 0 Å². The lowest BCUT2D eigenvalue weighted by molar-refractivity contribution is -0.117. The summed E-state index contributed by atoms with van der Waals surface area (Å²) in [5, 5.41) is 3.73. The summed E-state index contributed by atoms with van der Waals surface area (Å²) < 4.78 is 32.3. The molecule has 2 amide bonds. The molecule has 2 aliphatic heterocycles. The second kappa shape index (κ2) is 7.84. The molecule has 2 aromatic rings. The van der Waals surface area contributed by atoms with Crippen LogP contribution in [0, 0.1) is 13.8 Å². The second-order valence-corrected chi connectivity index (χ2v) is 9.42. The van der Waals surface area contributed by atoms with Crippen LogP contribution >= 0.6 is 0 Å². The highest BCUT2D eigenvalue weighted by molar-refractivity contribution is 7.89. The monoisotopic (exact) mass is 432 g/mol. The zero-order chi connectivity index (χ0) is 21.5. The van der Waals surface area contributed by atoms with Gasteiger partial charge in [-0.3, -0.25) is 9.59 Å². The molecule has 0 N–H and O–H groups in total. The molecule has 2 fully saturated rings. The summed E-state index contributed by atoms with van der Waals surface area (Å²) in [6.45, 7) is 4.80. The van der Waals surface area contributed by atoms with E-state index in [9.17, 15) is 18.0 Å². The molecule has 0 radical (unpaired) electrons. The molecule has 0 unspecified atom stereocenters. The number of hydrogen-bond donors (Lipinski definition) is 0. The van der Waals surface area contributed by atoms with E-state index in [1.54, 1.807) is 41.8 Å². The van der Waals surface area contributed by atoms with Gasteiger partial charge in [0, 0.05) is 50.4 Å². The number of anilines is 1. The molecule has 1 aromatic heterocycles. The number of carbonyl (C=O) groups excluding carboxylic acids is 2. The minimum atomic E-state index is -3.72. The van der Waals surface area contributed by atoms with Gasteiger partial charge >= 0.3 is 0 Å². The molecule has 1 aromatic carbocycles. The number of hydrogen-bond acceptors (Lipinski definition) is 6. The summed E-state index contributed by atoms with van der Waals surface area (Å²) in [6, 6.07) is 7.05. The fourth-order valence-corrected chi connectivity index (χ4v) is 5.73. The maximum absolute atomic E-state index is 13.0. The average Bonchev–Trinajstić information content (AvgIpc) is 3.32. The first-order valence-electron chi connectivity index (χ1n) is 9.92. The van der Waals surface area contributed by atoms with E-state index in [2.05, 4.69) is 5.16 Å². The average molecular weight is 433 g/mol. The Bertz CT molecular complexity index is 1070. The molecule has 2 aliphatic rings. The van der Waals surface area contributed by atoms with Crippen LogP contribution in [0.1, 0.15) is 34.7 Å². The number of aryl methyl sites for hydroxylation is 2. The van der Waals surface area contributed by atoms with Crippen molar-refractivity contribution in [3.8, 4) is 0 Å². The van der Waals surface area contributed by atoms with E-state index < -0.39 is 10.0 Å². The molecule has 0 saturated carbocycles. The SMILES string of the molecule is Cc1noc(C)c1S(=O)(=O)N1CCN(C(=O)c2cccc(N3CCCC3=O)c2)CC1. The van der Waals surface area contributed by atoms with Gasteiger partial charge in [-0.1, -0.05) is 11.2 Å². The van der Waals surface area contributed by atoms with Crippen molar-refractivity contribution in [3.05, 3.63) is 41.3 Å². The second-order valence-electron chi connectivity index (χ2n) is 7.55. The number of amides is 2. The van der Waals surface area contributed by atoms with E-state index in [1.165, 1.54) is 4.31 Å². The number of carbonyl (C=O) groups is 2. The minimum absolute atomic E-state index is 0.0674. The summed E-state index contributed by atoms with van der Waals surface area (Å²) in [7, 11) is -3.72. The molecule has 0 spiro atoms. The van der Waals surface area contributed by atoms with Crippen LogP contribution in [0.2, 0.25) is 0 Å². The normalized spacial score (nSPS) is 18.3. The summed E-state index contributed by atoms with van der Waals surface area (Å²) >= 11 is 0. The van der Waals surface area contributed by atoms with Crippen LogP contribution in [0.25, 0.3) is 0 Å². The zero-order valence-electron chi connectivity index (χ0n) is 17.0. The summed E-state index contributed by atoms with van der Waals surface area (Å²) in [5.74, 6) is 0.162. The Kier molecular flexibility index (Phi) is 5.37. The van der Waals surface area contributed by atoms with E-state index in [-0.39, 0.29) is 48.6 Å². The topological polar surface area (TPSA) is 104 Å². The van der Waals surface area contributed by atoms with Gasteiger partial charge in [0.25, 0.3) is 5.91 Å². The standard InChI is InChI=1S/C20H24N4O5S/c1-14-19(15(2)29-21-14)30(27,28)23-11-9-22(10-12-23)20(26)16-5-3-6-17(13-16)24-8-4-7-18(24)25/h3,5-6,13H,4,7-12H2,1-2H3. The lowest BCUT2D eigenvalue weighted by Crippen LogP contribution is -2.50. The van der Waals surface area contributed by atoms with E-state index in [1.807, 2.05) is 6.07 Å². The summed E-state index contributed by atoms with van der Waals surface area (Å²) in [6.07, 6.45) is 1.35. The Balaban J connectivity index is 1.46. The van der Waals surface area contributed by atoms with Gasteiger partial charge in [-0.05, 0) is 38.5 Å². The van der Waals surface area contributed by atoms with Crippen molar-refractivity contribution >= 4 is 27.5 Å². The fraction of sp³-hybridized carbons (Fsp3) is 0.450. The smallest absolute Gasteiger partial charge is 0.254 e. The number of piperazine rings is 1. The van der Waals surface area contributed by atoms with Crippen LogP contribution in [-0.4, -0.2) is 67.3 Å². The number of benzene rings is 1. The lowest BCUT2D eigenvalue weighted by Gasteiger charge is -2.34. The maximum Gasteiger partial charge on any atom is 0.254 e. The van der Waals surface area contributed by atoms with Gasteiger partial charge in [0.1, 0.15) is 10.6 Å². The van der Waals surface area contributed by atoms with Crippen LogP contribution in [0.3, 0.4) is 0 Å². The van der Waals surface area contributed by atoms with Crippen LogP contribution in [0.5, 0.6) is 0 Å². The molecule has 4 rings (SSSR count). The van der Waals surface area contributed by atoms with Crippen molar-refractivity contribution < 1.29 is 22.5 Å². The highest BCUT2D eigenvalue weighted by Crippen LogP contribution is 2.26. The van der Waals surface area contributed by atoms with E-state index in [0.717, 1.165) is 12.1 Å². The van der Waals surface area contributed by atoms with Crippen molar-refractivity contribution in [1.82, 2.24) is 14.4 Å². The van der Waals surface area contributed by atoms with Gasteiger partial charge < -0.3 is 14.3 Å². The number of nitrogens with zero attached hydrogens (tertiary/aromatic N) is 4. The van der Waals surface area contributed by atoms with E-state index in [0.29, 0.717) is 24.2 Å². The molecule has 2 saturated heterocycles. The van der Waals surface area contributed by atoms with Crippen molar-refractivity contribution in [3.63, 3.8) is 0 Å². The van der Waals surface area contributed by atoms with Gasteiger partial charge in [-0.15, -0.1) is 0 Å². The molecular formula is C20H24N4O5S. The Morgan fingerprint density at radius 1 is 1.10 bits per heavy atom. The third-order valence-electron chi connectivity index (χ3n) is 5.57. The van der Waals surface area contributed by atoms with Gasteiger partial charge in [0.05, 0.1) is 0 Å². The predicted octanol–water partition coefficient (Wildman–Crippen LogP) is 1.56. The fourth-order valence-electron chi connectivity index (χ4n) is 4.01. The van der Waals surface area contributed by atoms with Crippen LogP contribution < -0.4 is 4.90 Å². The first kappa shape index (κ1) is 20.5. The number of sulfonamides is 1. The Labute approximate surface area is 175 Å². The van der Waals surface area contributed by atoms with Crippen LogP contribution in [0.15, 0.2) is 33.7 Å². The largest absolute Gasteiger partial charge is 0.360 e. The minimum Gasteiger partial charge on any atom is -0.360 e. The molecule has 10 heteroatoms. The molecule has 0 aliphatic carbocycles. The third-order valence-corrected chi connectivity index (χ3v) is 7.71. The quantitative estimate of drug-likeness (QED) is 0.726. The van der Waals surface area contributed by atoms with Crippen LogP contribution in [-0.2, 0) is 14.8 Å². The predicted molar refractivity (Wildman–Crippen MR) is 109 cm³/mol. The molecule has 0 atom stereocenters. The highest BCUT2D eigenvalue weighted by Gasteiger charge is 2.34. The maximum atomic E-state index is 13.0.